The normalized spacial score (nSPS) is 10.7. The van der Waals surface area contributed by atoms with Gasteiger partial charge in [-0.1, -0.05) is 18.5 Å². The number of halogens is 1. The third kappa shape index (κ3) is 3.43. The van der Waals surface area contributed by atoms with Crippen LogP contribution in [-0.2, 0) is 6.42 Å². The van der Waals surface area contributed by atoms with Crippen LogP contribution in [0, 0.1) is 6.92 Å². The molecule has 0 aliphatic rings. The number of nitrogens with zero attached hydrogens (tertiary/aromatic N) is 3. The van der Waals surface area contributed by atoms with Crippen LogP contribution < -0.4 is 10.9 Å². The van der Waals surface area contributed by atoms with Gasteiger partial charge in [-0.05, 0) is 37.6 Å². The van der Waals surface area contributed by atoms with Crippen LogP contribution in [0.5, 0.6) is 0 Å². The number of anilines is 2. The van der Waals surface area contributed by atoms with Gasteiger partial charge in [0.2, 0.25) is 5.95 Å². The summed E-state index contributed by atoms with van der Waals surface area (Å²) in [5.41, 5.74) is 2.20. The molecule has 118 valence electrons. The lowest BCUT2D eigenvalue weighted by Crippen LogP contribution is -2.16. The molecule has 0 saturated carbocycles. The molecule has 0 spiro atoms. The van der Waals surface area contributed by atoms with Gasteiger partial charge < -0.3 is 5.32 Å². The lowest BCUT2D eigenvalue weighted by atomic mass is 10.3. The first-order valence-corrected chi connectivity index (χ1v) is 7.63. The molecule has 0 radical (unpaired) electrons. The zero-order valence-corrected chi connectivity index (χ0v) is 13.6. The van der Waals surface area contributed by atoms with Gasteiger partial charge in [0, 0.05) is 28.5 Å². The van der Waals surface area contributed by atoms with Crippen LogP contribution in [-0.4, -0.2) is 19.7 Å². The fourth-order valence-electron chi connectivity index (χ4n) is 2.21. The summed E-state index contributed by atoms with van der Waals surface area (Å²) in [7, 11) is 0. The molecule has 1 aromatic carbocycles. The third-order valence-corrected chi connectivity index (χ3v) is 3.55. The van der Waals surface area contributed by atoms with E-state index in [2.05, 4.69) is 20.4 Å². The van der Waals surface area contributed by atoms with Crippen molar-refractivity contribution in [2.75, 3.05) is 5.32 Å². The van der Waals surface area contributed by atoms with Gasteiger partial charge >= 0.3 is 0 Å². The predicted octanol–water partition coefficient (Wildman–Crippen LogP) is 3.22. The Morgan fingerprint density at radius 2 is 2.00 bits per heavy atom. The Hall–Kier alpha value is -2.60. The maximum absolute atomic E-state index is 11.8. The first kappa shape index (κ1) is 15.3. The Kier molecular flexibility index (Phi) is 4.16. The standard InChI is InChI=1S/C16H16ClN5O/c1-3-12-9-15(23)20-16(19-12)22-14(8-10(2)21-22)18-13-6-4-11(17)5-7-13/h4-9,18H,3H2,1-2H3,(H,19,20,23). The zero-order valence-electron chi connectivity index (χ0n) is 12.8. The summed E-state index contributed by atoms with van der Waals surface area (Å²) >= 11 is 5.90. The first-order chi connectivity index (χ1) is 11.0. The van der Waals surface area contributed by atoms with Crippen LogP contribution in [0.2, 0.25) is 5.02 Å². The van der Waals surface area contributed by atoms with Gasteiger partial charge in [0.25, 0.3) is 5.56 Å². The van der Waals surface area contributed by atoms with Gasteiger partial charge in [-0.2, -0.15) is 9.78 Å². The van der Waals surface area contributed by atoms with Crippen molar-refractivity contribution in [2.45, 2.75) is 20.3 Å². The summed E-state index contributed by atoms with van der Waals surface area (Å²) in [4.78, 5) is 18.9. The molecule has 0 amide bonds. The second kappa shape index (κ2) is 6.26. The number of aromatic amines is 1. The summed E-state index contributed by atoms with van der Waals surface area (Å²) in [6.45, 7) is 3.83. The maximum atomic E-state index is 11.8. The van der Waals surface area contributed by atoms with E-state index in [9.17, 15) is 4.79 Å². The number of rotatable bonds is 4. The molecule has 0 bridgehead atoms. The quantitative estimate of drug-likeness (QED) is 0.770. The molecule has 23 heavy (non-hydrogen) atoms. The van der Waals surface area contributed by atoms with E-state index in [1.54, 1.807) is 16.8 Å². The summed E-state index contributed by atoms with van der Waals surface area (Å²) in [5.74, 6) is 1.10. The van der Waals surface area contributed by atoms with Crippen molar-refractivity contribution < 1.29 is 0 Å². The van der Waals surface area contributed by atoms with Crippen molar-refractivity contribution in [3.63, 3.8) is 0 Å². The van der Waals surface area contributed by atoms with Crippen molar-refractivity contribution in [1.29, 1.82) is 0 Å². The topological polar surface area (TPSA) is 75.6 Å². The van der Waals surface area contributed by atoms with E-state index in [-0.39, 0.29) is 5.56 Å². The lowest BCUT2D eigenvalue weighted by molar-refractivity contribution is 0.783. The zero-order chi connectivity index (χ0) is 16.4. The Morgan fingerprint density at radius 3 is 2.70 bits per heavy atom. The van der Waals surface area contributed by atoms with Crippen LogP contribution in [0.1, 0.15) is 18.3 Å². The van der Waals surface area contributed by atoms with Gasteiger partial charge in [-0.25, -0.2) is 4.98 Å². The molecule has 2 N–H and O–H groups in total. The summed E-state index contributed by atoms with van der Waals surface area (Å²) in [6, 6.07) is 10.7. The van der Waals surface area contributed by atoms with Crippen LogP contribution in [0.15, 0.2) is 41.2 Å². The Morgan fingerprint density at radius 1 is 1.26 bits per heavy atom. The number of hydrogen-bond donors (Lipinski definition) is 2. The Bertz CT molecular complexity index is 882. The van der Waals surface area contributed by atoms with Crippen molar-refractivity contribution in [3.8, 4) is 5.95 Å². The van der Waals surface area contributed by atoms with E-state index in [0.29, 0.717) is 28.9 Å². The molecule has 0 saturated heterocycles. The van der Waals surface area contributed by atoms with Crippen molar-refractivity contribution >= 4 is 23.1 Å². The first-order valence-electron chi connectivity index (χ1n) is 7.25. The fourth-order valence-corrected chi connectivity index (χ4v) is 2.33. The summed E-state index contributed by atoms with van der Waals surface area (Å²) in [5, 5.41) is 8.33. The molecule has 3 rings (SSSR count). The van der Waals surface area contributed by atoms with Crippen molar-refractivity contribution in [2.24, 2.45) is 0 Å². The number of aromatic nitrogens is 4. The van der Waals surface area contributed by atoms with Gasteiger partial charge in [0.05, 0.1) is 5.69 Å². The van der Waals surface area contributed by atoms with E-state index in [0.717, 1.165) is 11.4 Å². The van der Waals surface area contributed by atoms with Crippen molar-refractivity contribution in [1.82, 2.24) is 19.7 Å². The Balaban J connectivity index is 2.02. The van der Waals surface area contributed by atoms with Gasteiger partial charge in [-0.3, -0.25) is 9.78 Å². The molecule has 2 heterocycles. The monoisotopic (exact) mass is 329 g/mol. The number of H-pyrrole nitrogens is 1. The van der Waals surface area contributed by atoms with Crippen LogP contribution in [0.25, 0.3) is 5.95 Å². The number of benzene rings is 1. The minimum absolute atomic E-state index is 0.197. The highest BCUT2D eigenvalue weighted by Gasteiger charge is 2.11. The minimum atomic E-state index is -0.197. The summed E-state index contributed by atoms with van der Waals surface area (Å²) < 4.78 is 1.59. The maximum Gasteiger partial charge on any atom is 0.252 e. The molecule has 0 unspecified atom stereocenters. The van der Waals surface area contributed by atoms with E-state index < -0.39 is 0 Å². The lowest BCUT2D eigenvalue weighted by Gasteiger charge is -2.09. The van der Waals surface area contributed by atoms with E-state index >= 15 is 0 Å². The molecule has 3 aromatic rings. The molecule has 0 atom stereocenters. The number of hydrogen-bond acceptors (Lipinski definition) is 4. The van der Waals surface area contributed by atoms with Crippen LogP contribution in [0.4, 0.5) is 11.5 Å². The molecule has 6 nitrogen and oxygen atoms in total. The number of aryl methyl sites for hydroxylation is 2. The highest BCUT2D eigenvalue weighted by molar-refractivity contribution is 6.30. The smallest absolute Gasteiger partial charge is 0.252 e. The molecule has 0 fully saturated rings. The van der Waals surface area contributed by atoms with Gasteiger partial charge in [0.1, 0.15) is 5.82 Å². The second-order valence-corrected chi connectivity index (χ2v) is 5.56. The molecule has 0 aliphatic heterocycles. The van der Waals surface area contributed by atoms with Gasteiger partial charge in [-0.15, -0.1) is 0 Å². The van der Waals surface area contributed by atoms with E-state index in [4.69, 9.17) is 11.6 Å². The van der Waals surface area contributed by atoms with Crippen LogP contribution in [0.3, 0.4) is 0 Å². The van der Waals surface area contributed by atoms with Crippen molar-refractivity contribution in [3.05, 3.63) is 63.2 Å². The molecule has 7 heteroatoms. The van der Waals surface area contributed by atoms with E-state index in [1.165, 1.54) is 6.07 Å². The second-order valence-electron chi connectivity index (χ2n) is 5.13. The SMILES string of the molecule is CCc1cc(=O)[nH]c(-n2nc(C)cc2Nc2ccc(Cl)cc2)n1. The number of nitrogens with one attached hydrogen (secondary N) is 2. The largest absolute Gasteiger partial charge is 0.340 e. The minimum Gasteiger partial charge on any atom is -0.340 e. The Labute approximate surface area is 138 Å². The molecular formula is C16H16ClN5O. The average molecular weight is 330 g/mol. The van der Waals surface area contributed by atoms with E-state index in [1.807, 2.05) is 32.0 Å². The molecule has 0 aliphatic carbocycles. The fraction of sp³-hybridized carbons (Fsp3) is 0.188. The predicted molar refractivity (Wildman–Crippen MR) is 90.8 cm³/mol. The highest BCUT2D eigenvalue weighted by Crippen LogP contribution is 2.21. The third-order valence-electron chi connectivity index (χ3n) is 3.29. The average Bonchev–Trinajstić information content (AvgIpc) is 2.89. The molecule has 2 aromatic heterocycles. The van der Waals surface area contributed by atoms with Gasteiger partial charge in [0.15, 0.2) is 0 Å². The summed E-state index contributed by atoms with van der Waals surface area (Å²) in [6.07, 6.45) is 0.678. The van der Waals surface area contributed by atoms with Crippen LogP contribution >= 0.6 is 11.6 Å². The highest BCUT2D eigenvalue weighted by atomic mass is 35.5. The molecular weight excluding hydrogens is 314 g/mol.